The van der Waals surface area contributed by atoms with E-state index < -0.39 is 0 Å². The van der Waals surface area contributed by atoms with Gasteiger partial charge in [0.15, 0.2) is 11.0 Å². The number of benzene rings is 3. The first-order valence-electron chi connectivity index (χ1n) is 10.4. The molecule has 4 aromatic rings. The van der Waals surface area contributed by atoms with Crippen LogP contribution in [0, 0.1) is 6.92 Å². The molecule has 8 heteroatoms. The van der Waals surface area contributed by atoms with Crippen LogP contribution in [0.5, 0.6) is 5.75 Å². The summed E-state index contributed by atoms with van der Waals surface area (Å²) in [6, 6.07) is 19.3. The quantitative estimate of drug-likeness (QED) is 0.240. The number of fused-ring (bicyclic) bond motifs is 1. The Balaban J connectivity index is 1.43. The Kier molecular flexibility index (Phi) is 7.32. The van der Waals surface area contributed by atoms with Crippen molar-refractivity contribution in [2.24, 2.45) is 0 Å². The molecular weight excluding hydrogens is 456 g/mol. The number of aryl methyl sites for hydroxylation is 1. The molecule has 1 aromatic heterocycles. The lowest BCUT2D eigenvalue weighted by atomic mass is 10.0. The highest BCUT2D eigenvalue weighted by atomic mass is 35.5. The number of amides is 1. The number of hydrogen-bond donors (Lipinski definition) is 1. The number of aromatic nitrogens is 3. The predicted molar refractivity (Wildman–Crippen MR) is 134 cm³/mol. The molecule has 0 bridgehead atoms. The zero-order valence-electron chi connectivity index (χ0n) is 18.1. The normalized spacial score (nSPS) is 10.8. The van der Waals surface area contributed by atoms with Gasteiger partial charge in [-0.25, -0.2) is 0 Å². The van der Waals surface area contributed by atoms with E-state index in [9.17, 15) is 4.79 Å². The number of halogens is 1. The standard InChI is InChI=1S/C25H23ClN4O2S/c1-3-14-30-23(15-32-22-13-12-18-8-4-5-9-19(18)17(22)2)28-29-25(30)33-16-24(31)27-21-11-7-6-10-20(21)26/h3-13H,1,14-16H2,2H3,(H,27,31). The number of rotatable bonds is 9. The van der Waals surface area contributed by atoms with Gasteiger partial charge in [0.1, 0.15) is 12.4 Å². The fourth-order valence-electron chi connectivity index (χ4n) is 3.43. The fourth-order valence-corrected chi connectivity index (χ4v) is 4.38. The van der Waals surface area contributed by atoms with Crippen molar-refractivity contribution in [1.82, 2.24) is 14.8 Å². The molecule has 0 saturated heterocycles. The topological polar surface area (TPSA) is 69.0 Å². The summed E-state index contributed by atoms with van der Waals surface area (Å²) in [4.78, 5) is 12.4. The summed E-state index contributed by atoms with van der Waals surface area (Å²) in [6.45, 7) is 6.64. The maximum Gasteiger partial charge on any atom is 0.234 e. The van der Waals surface area contributed by atoms with Crippen molar-refractivity contribution in [3.05, 3.63) is 89.7 Å². The number of nitrogens with zero attached hydrogens (tertiary/aromatic N) is 3. The molecule has 168 valence electrons. The lowest BCUT2D eigenvalue weighted by Gasteiger charge is -2.12. The van der Waals surface area contributed by atoms with Crippen molar-refractivity contribution in [1.29, 1.82) is 0 Å². The van der Waals surface area contributed by atoms with Crippen molar-refractivity contribution in [3.8, 4) is 5.75 Å². The van der Waals surface area contributed by atoms with E-state index >= 15 is 0 Å². The van der Waals surface area contributed by atoms with E-state index in [0.717, 1.165) is 16.7 Å². The van der Waals surface area contributed by atoms with Crippen LogP contribution in [0.25, 0.3) is 10.8 Å². The van der Waals surface area contributed by atoms with Gasteiger partial charge in [-0.3, -0.25) is 9.36 Å². The molecule has 6 nitrogen and oxygen atoms in total. The summed E-state index contributed by atoms with van der Waals surface area (Å²) in [5.74, 6) is 1.46. The first-order valence-corrected chi connectivity index (χ1v) is 11.7. The number of ether oxygens (including phenoxy) is 1. The van der Waals surface area contributed by atoms with Gasteiger partial charge >= 0.3 is 0 Å². The summed E-state index contributed by atoms with van der Waals surface area (Å²) >= 11 is 7.41. The summed E-state index contributed by atoms with van der Waals surface area (Å²) in [5.41, 5.74) is 1.66. The van der Waals surface area contributed by atoms with Crippen LogP contribution in [0.15, 0.2) is 78.5 Å². The molecule has 4 rings (SSSR count). The Morgan fingerprint density at radius 1 is 1.15 bits per heavy atom. The number of hydrogen-bond acceptors (Lipinski definition) is 5. The van der Waals surface area contributed by atoms with E-state index in [1.807, 2.05) is 47.9 Å². The van der Waals surface area contributed by atoms with Crippen LogP contribution in [0.2, 0.25) is 5.02 Å². The smallest absolute Gasteiger partial charge is 0.234 e. The summed E-state index contributed by atoms with van der Waals surface area (Å²) in [5, 5.41) is 14.8. The molecule has 33 heavy (non-hydrogen) atoms. The van der Waals surface area contributed by atoms with E-state index in [0.29, 0.717) is 28.2 Å². The SMILES string of the molecule is C=CCn1c(COc2ccc3ccccc3c2C)nnc1SCC(=O)Nc1ccccc1Cl. The van der Waals surface area contributed by atoms with Gasteiger partial charge in [-0.1, -0.05) is 71.9 Å². The molecule has 0 spiro atoms. The number of allylic oxidation sites excluding steroid dienone is 1. The second-order valence-electron chi connectivity index (χ2n) is 7.31. The first-order chi connectivity index (χ1) is 16.1. The van der Waals surface area contributed by atoms with Gasteiger partial charge in [0.05, 0.1) is 16.5 Å². The lowest BCUT2D eigenvalue weighted by molar-refractivity contribution is -0.113. The minimum absolute atomic E-state index is 0.172. The zero-order chi connectivity index (χ0) is 23.2. The molecule has 0 saturated carbocycles. The number of carbonyl (C=O) groups is 1. The van der Waals surface area contributed by atoms with Gasteiger partial charge < -0.3 is 10.1 Å². The van der Waals surface area contributed by atoms with E-state index in [4.69, 9.17) is 16.3 Å². The largest absolute Gasteiger partial charge is 0.485 e. The third kappa shape index (κ3) is 5.38. The van der Waals surface area contributed by atoms with Crippen LogP contribution >= 0.6 is 23.4 Å². The number of thioether (sulfide) groups is 1. The minimum atomic E-state index is -0.175. The third-order valence-electron chi connectivity index (χ3n) is 5.09. The van der Waals surface area contributed by atoms with E-state index in [1.54, 1.807) is 18.2 Å². The Labute approximate surface area is 201 Å². The predicted octanol–water partition coefficient (Wildman–Crippen LogP) is 5.89. The van der Waals surface area contributed by atoms with E-state index in [2.05, 4.69) is 34.2 Å². The Bertz CT molecular complexity index is 1300. The molecule has 0 atom stereocenters. The average molecular weight is 479 g/mol. The van der Waals surface area contributed by atoms with Crippen LogP contribution in [0.1, 0.15) is 11.4 Å². The van der Waals surface area contributed by atoms with Gasteiger partial charge in [-0.05, 0) is 41.5 Å². The second kappa shape index (κ2) is 10.6. The van der Waals surface area contributed by atoms with E-state index in [1.165, 1.54) is 17.1 Å². The molecule has 0 aliphatic carbocycles. The maximum absolute atomic E-state index is 12.4. The third-order valence-corrected chi connectivity index (χ3v) is 6.39. The number of carbonyl (C=O) groups excluding carboxylic acids is 1. The van der Waals surface area contributed by atoms with Crippen LogP contribution < -0.4 is 10.1 Å². The highest BCUT2D eigenvalue weighted by Crippen LogP contribution is 2.28. The minimum Gasteiger partial charge on any atom is -0.485 e. The van der Waals surface area contributed by atoms with Gasteiger partial charge in [0.2, 0.25) is 5.91 Å². The van der Waals surface area contributed by atoms with Crippen molar-refractivity contribution in [3.63, 3.8) is 0 Å². The molecule has 1 heterocycles. The van der Waals surface area contributed by atoms with Crippen molar-refractivity contribution >= 4 is 45.7 Å². The molecule has 3 aromatic carbocycles. The summed E-state index contributed by atoms with van der Waals surface area (Å²) in [7, 11) is 0. The molecule has 0 unspecified atom stereocenters. The second-order valence-corrected chi connectivity index (χ2v) is 8.66. The summed E-state index contributed by atoms with van der Waals surface area (Å²) in [6.07, 6.45) is 1.77. The molecule has 0 aliphatic heterocycles. The van der Waals surface area contributed by atoms with Gasteiger partial charge in [0, 0.05) is 6.54 Å². The van der Waals surface area contributed by atoms with Gasteiger partial charge in [-0.15, -0.1) is 16.8 Å². The van der Waals surface area contributed by atoms with Gasteiger partial charge in [-0.2, -0.15) is 0 Å². The van der Waals surface area contributed by atoms with Crippen LogP contribution in [0.3, 0.4) is 0 Å². The average Bonchev–Trinajstić information content (AvgIpc) is 3.21. The van der Waals surface area contributed by atoms with Crippen molar-refractivity contribution in [2.75, 3.05) is 11.1 Å². The Morgan fingerprint density at radius 3 is 2.76 bits per heavy atom. The molecule has 0 radical (unpaired) electrons. The number of nitrogens with one attached hydrogen (secondary N) is 1. The monoisotopic (exact) mass is 478 g/mol. The highest BCUT2D eigenvalue weighted by Gasteiger charge is 2.15. The number of para-hydroxylation sites is 1. The van der Waals surface area contributed by atoms with Gasteiger partial charge in [0.25, 0.3) is 0 Å². The van der Waals surface area contributed by atoms with E-state index in [-0.39, 0.29) is 18.3 Å². The van der Waals surface area contributed by atoms with Crippen LogP contribution in [-0.2, 0) is 17.9 Å². The molecular formula is C25H23ClN4O2S. The summed E-state index contributed by atoms with van der Waals surface area (Å²) < 4.78 is 7.99. The van der Waals surface area contributed by atoms with Crippen molar-refractivity contribution in [2.45, 2.75) is 25.2 Å². The highest BCUT2D eigenvalue weighted by molar-refractivity contribution is 7.99. The molecule has 0 aliphatic rings. The fraction of sp³-hybridized carbons (Fsp3) is 0.160. The lowest BCUT2D eigenvalue weighted by Crippen LogP contribution is -2.15. The molecule has 1 amide bonds. The van der Waals surface area contributed by atoms with Crippen molar-refractivity contribution < 1.29 is 9.53 Å². The molecule has 0 fully saturated rings. The molecule has 1 N–H and O–H groups in total. The Hall–Kier alpha value is -3.29. The maximum atomic E-state index is 12.4. The van der Waals surface area contributed by atoms with Crippen LogP contribution in [-0.4, -0.2) is 26.4 Å². The van der Waals surface area contributed by atoms with Crippen LogP contribution in [0.4, 0.5) is 5.69 Å². The zero-order valence-corrected chi connectivity index (χ0v) is 19.7. The number of anilines is 1. The Morgan fingerprint density at radius 2 is 1.94 bits per heavy atom. The first kappa shape index (κ1) is 22.9.